The van der Waals surface area contributed by atoms with Gasteiger partial charge in [-0.15, -0.1) is 0 Å². The minimum atomic E-state index is -1.14. The van der Waals surface area contributed by atoms with Crippen molar-refractivity contribution in [3.63, 3.8) is 0 Å². The molecule has 0 fully saturated rings. The number of para-hydroxylation sites is 1. The Labute approximate surface area is 129 Å². The van der Waals surface area contributed by atoms with Gasteiger partial charge in [0.15, 0.2) is 0 Å². The molecule has 0 aliphatic carbocycles. The van der Waals surface area contributed by atoms with E-state index in [4.69, 9.17) is 10.5 Å². The molecule has 0 radical (unpaired) electrons. The third-order valence-corrected chi connectivity index (χ3v) is 3.83. The second kappa shape index (κ2) is 6.41. The van der Waals surface area contributed by atoms with Crippen LogP contribution in [0.1, 0.15) is 17.2 Å². The molecule has 0 aliphatic rings. The molecule has 0 saturated carbocycles. The maximum atomic E-state index is 13.9. The van der Waals surface area contributed by atoms with Crippen LogP contribution in [0.2, 0.25) is 0 Å². The number of hydrogen-bond donors (Lipinski definition) is 2. The van der Waals surface area contributed by atoms with Crippen LogP contribution in [0, 0.1) is 11.6 Å². The standard InChI is InChI=1S/C15H14BrF2NO2/c1-21-13-4-2-3-8(15(13)19)12(20)7-9-11(17)6-5-10(16)14(9)18/h2-6,12,20H,7,19H2,1H3. The Morgan fingerprint density at radius 2 is 2.00 bits per heavy atom. The molecule has 1 unspecified atom stereocenters. The highest BCUT2D eigenvalue weighted by Crippen LogP contribution is 2.32. The smallest absolute Gasteiger partial charge is 0.143 e. The largest absolute Gasteiger partial charge is 0.495 e. The lowest BCUT2D eigenvalue weighted by Gasteiger charge is -2.16. The summed E-state index contributed by atoms with van der Waals surface area (Å²) in [5.74, 6) is -1.03. The molecule has 0 spiro atoms. The van der Waals surface area contributed by atoms with Gasteiger partial charge in [-0.05, 0) is 34.1 Å². The Kier molecular flexibility index (Phi) is 4.80. The van der Waals surface area contributed by atoms with E-state index in [1.807, 2.05) is 0 Å². The molecule has 2 aromatic rings. The molecule has 3 nitrogen and oxygen atoms in total. The molecule has 0 heterocycles. The van der Waals surface area contributed by atoms with Gasteiger partial charge in [0.25, 0.3) is 0 Å². The van der Waals surface area contributed by atoms with Crippen LogP contribution in [-0.2, 0) is 6.42 Å². The van der Waals surface area contributed by atoms with E-state index >= 15 is 0 Å². The lowest BCUT2D eigenvalue weighted by Crippen LogP contribution is -2.09. The van der Waals surface area contributed by atoms with Gasteiger partial charge in [-0.2, -0.15) is 0 Å². The van der Waals surface area contributed by atoms with Crippen molar-refractivity contribution in [1.82, 2.24) is 0 Å². The topological polar surface area (TPSA) is 55.5 Å². The van der Waals surface area contributed by atoms with Crippen LogP contribution in [0.15, 0.2) is 34.8 Å². The summed E-state index contributed by atoms with van der Waals surface area (Å²) in [6.07, 6.45) is -1.37. The second-order valence-electron chi connectivity index (χ2n) is 4.50. The molecule has 112 valence electrons. The van der Waals surface area contributed by atoms with Crippen LogP contribution in [0.5, 0.6) is 5.75 Å². The molecule has 2 rings (SSSR count). The Bertz CT molecular complexity index is 664. The summed E-state index contributed by atoms with van der Waals surface area (Å²) in [5, 5.41) is 10.2. The number of aliphatic hydroxyl groups excluding tert-OH is 1. The van der Waals surface area contributed by atoms with Crippen molar-refractivity contribution < 1.29 is 18.6 Å². The number of halogens is 3. The van der Waals surface area contributed by atoms with Gasteiger partial charge in [0.2, 0.25) is 0 Å². The molecule has 0 aromatic heterocycles. The summed E-state index contributed by atoms with van der Waals surface area (Å²) in [6, 6.07) is 7.31. The van der Waals surface area contributed by atoms with E-state index in [-0.39, 0.29) is 22.1 Å². The minimum absolute atomic E-state index is 0.143. The number of ether oxygens (including phenoxy) is 1. The van der Waals surface area contributed by atoms with Gasteiger partial charge >= 0.3 is 0 Å². The van der Waals surface area contributed by atoms with Gasteiger partial charge in [-0.3, -0.25) is 0 Å². The van der Waals surface area contributed by atoms with Gasteiger partial charge in [-0.25, -0.2) is 8.78 Å². The number of anilines is 1. The first kappa shape index (κ1) is 15.7. The summed E-state index contributed by atoms with van der Waals surface area (Å²) in [4.78, 5) is 0. The first-order valence-corrected chi connectivity index (χ1v) is 6.97. The number of nitrogens with two attached hydrogens (primary N) is 1. The summed E-state index contributed by atoms with van der Waals surface area (Å²) in [5.41, 5.74) is 6.30. The third-order valence-electron chi connectivity index (χ3n) is 3.22. The average molecular weight is 358 g/mol. The van der Waals surface area contributed by atoms with Crippen molar-refractivity contribution in [3.05, 3.63) is 57.6 Å². The predicted octanol–water partition coefficient (Wildman–Crippen LogP) is 3.59. The molecular formula is C15H14BrF2NO2. The molecule has 0 bridgehead atoms. The highest BCUT2D eigenvalue weighted by atomic mass is 79.9. The first-order chi connectivity index (χ1) is 9.95. The van der Waals surface area contributed by atoms with Crippen molar-refractivity contribution in [2.24, 2.45) is 0 Å². The highest BCUT2D eigenvalue weighted by Gasteiger charge is 2.20. The lowest BCUT2D eigenvalue weighted by molar-refractivity contribution is 0.176. The fraction of sp³-hybridized carbons (Fsp3) is 0.200. The molecule has 3 N–H and O–H groups in total. The van der Waals surface area contributed by atoms with Crippen LogP contribution in [0.4, 0.5) is 14.5 Å². The summed E-state index contributed by atoms with van der Waals surface area (Å²) >= 11 is 3.00. The molecule has 21 heavy (non-hydrogen) atoms. The normalized spacial score (nSPS) is 12.2. The zero-order valence-corrected chi connectivity index (χ0v) is 12.8. The van der Waals surface area contributed by atoms with Crippen LogP contribution >= 0.6 is 15.9 Å². The maximum Gasteiger partial charge on any atom is 0.143 e. The van der Waals surface area contributed by atoms with E-state index in [1.165, 1.54) is 13.2 Å². The Balaban J connectivity index is 2.35. The van der Waals surface area contributed by atoms with Gasteiger partial charge < -0.3 is 15.6 Å². The van der Waals surface area contributed by atoms with Gasteiger partial charge in [0.05, 0.1) is 23.4 Å². The summed E-state index contributed by atoms with van der Waals surface area (Å²) in [7, 11) is 1.45. The van der Waals surface area contributed by atoms with Crippen molar-refractivity contribution in [2.75, 3.05) is 12.8 Å². The van der Waals surface area contributed by atoms with E-state index in [2.05, 4.69) is 15.9 Å². The van der Waals surface area contributed by atoms with Gasteiger partial charge in [0, 0.05) is 17.5 Å². The van der Waals surface area contributed by atoms with E-state index in [0.717, 1.165) is 6.07 Å². The van der Waals surface area contributed by atoms with Crippen LogP contribution in [0.25, 0.3) is 0 Å². The zero-order chi connectivity index (χ0) is 15.6. The van der Waals surface area contributed by atoms with Crippen molar-refractivity contribution >= 4 is 21.6 Å². The third kappa shape index (κ3) is 3.16. The molecule has 1 atom stereocenters. The number of hydrogen-bond acceptors (Lipinski definition) is 3. The Morgan fingerprint density at radius 1 is 1.29 bits per heavy atom. The number of rotatable bonds is 4. The fourth-order valence-corrected chi connectivity index (χ4v) is 2.46. The lowest BCUT2D eigenvalue weighted by atomic mass is 9.99. The van der Waals surface area contributed by atoms with E-state index in [9.17, 15) is 13.9 Å². The second-order valence-corrected chi connectivity index (χ2v) is 5.36. The molecule has 0 saturated heterocycles. The monoisotopic (exact) mass is 357 g/mol. The van der Waals surface area contributed by atoms with E-state index < -0.39 is 17.7 Å². The number of aliphatic hydroxyl groups is 1. The molecule has 6 heteroatoms. The quantitative estimate of drug-likeness (QED) is 0.649. The Morgan fingerprint density at radius 3 is 2.67 bits per heavy atom. The number of nitrogen functional groups attached to an aromatic ring is 1. The zero-order valence-electron chi connectivity index (χ0n) is 11.2. The Hall–Kier alpha value is -1.66. The molecule has 2 aromatic carbocycles. The molecule has 0 aliphatic heterocycles. The van der Waals surface area contributed by atoms with Crippen LogP contribution < -0.4 is 10.5 Å². The van der Waals surface area contributed by atoms with Gasteiger partial charge in [-0.1, -0.05) is 12.1 Å². The molecular weight excluding hydrogens is 344 g/mol. The van der Waals surface area contributed by atoms with Crippen molar-refractivity contribution in [2.45, 2.75) is 12.5 Å². The first-order valence-electron chi connectivity index (χ1n) is 6.18. The number of methoxy groups -OCH3 is 1. The highest BCUT2D eigenvalue weighted by molar-refractivity contribution is 9.10. The predicted molar refractivity (Wildman–Crippen MR) is 80.1 cm³/mol. The fourth-order valence-electron chi connectivity index (χ4n) is 2.09. The van der Waals surface area contributed by atoms with Crippen LogP contribution in [0.3, 0.4) is 0 Å². The van der Waals surface area contributed by atoms with Crippen molar-refractivity contribution in [1.29, 1.82) is 0 Å². The summed E-state index contributed by atoms with van der Waals surface area (Å²) in [6.45, 7) is 0. The van der Waals surface area contributed by atoms with Gasteiger partial charge in [0.1, 0.15) is 17.4 Å². The van der Waals surface area contributed by atoms with Crippen molar-refractivity contribution in [3.8, 4) is 5.75 Å². The number of benzene rings is 2. The maximum absolute atomic E-state index is 13.9. The van der Waals surface area contributed by atoms with E-state index in [0.29, 0.717) is 11.3 Å². The minimum Gasteiger partial charge on any atom is -0.495 e. The van der Waals surface area contributed by atoms with Crippen LogP contribution in [-0.4, -0.2) is 12.2 Å². The SMILES string of the molecule is COc1cccc(C(O)Cc2c(F)ccc(Br)c2F)c1N. The average Bonchev–Trinajstić information content (AvgIpc) is 2.47. The molecule has 0 amide bonds. The van der Waals surface area contributed by atoms with E-state index in [1.54, 1.807) is 18.2 Å². The summed E-state index contributed by atoms with van der Waals surface area (Å²) < 4.78 is 32.9.